The second-order valence-corrected chi connectivity index (χ2v) is 6.15. The lowest BCUT2D eigenvalue weighted by Crippen LogP contribution is -2.13. The summed E-state index contributed by atoms with van der Waals surface area (Å²) in [7, 11) is 0. The number of carbonyl (C=O) groups is 1. The van der Waals surface area contributed by atoms with Gasteiger partial charge in [-0.1, -0.05) is 6.07 Å². The van der Waals surface area contributed by atoms with Crippen molar-refractivity contribution in [3.63, 3.8) is 0 Å². The summed E-state index contributed by atoms with van der Waals surface area (Å²) in [4.78, 5) is 11.3. The van der Waals surface area contributed by atoms with Crippen LogP contribution in [0.25, 0.3) is 0 Å². The molecule has 1 aromatic rings. The van der Waals surface area contributed by atoms with Gasteiger partial charge in [-0.05, 0) is 55.2 Å². The molecule has 3 rings (SSSR count). The first-order valence-electron chi connectivity index (χ1n) is 7.85. The second-order valence-electron chi connectivity index (χ2n) is 6.15. The van der Waals surface area contributed by atoms with E-state index in [1.165, 1.54) is 0 Å². The highest BCUT2D eigenvalue weighted by atomic mass is 19.3. The van der Waals surface area contributed by atoms with Gasteiger partial charge in [0.25, 0.3) is 0 Å². The quantitative estimate of drug-likeness (QED) is 0.785. The van der Waals surface area contributed by atoms with Crippen LogP contribution >= 0.6 is 0 Å². The Morgan fingerprint density at radius 2 is 1.82 bits per heavy atom. The molecule has 0 amide bonds. The molecule has 2 fully saturated rings. The summed E-state index contributed by atoms with van der Waals surface area (Å²) in [5.41, 5.74) is 1.04. The van der Waals surface area contributed by atoms with Crippen LogP contribution in [-0.2, 0) is 4.79 Å². The molecule has 2 saturated carbocycles. The van der Waals surface area contributed by atoms with Crippen LogP contribution in [0.15, 0.2) is 18.2 Å². The topological polar surface area (TPSA) is 35.5 Å². The maximum absolute atomic E-state index is 12.5. The zero-order valence-electron chi connectivity index (χ0n) is 12.4. The zero-order chi connectivity index (χ0) is 15.5. The van der Waals surface area contributed by atoms with Gasteiger partial charge in [-0.15, -0.1) is 0 Å². The van der Waals surface area contributed by atoms with Gasteiger partial charge in [0.05, 0.1) is 6.61 Å². The van der Waals surface area contributed by atoms with Crippen LogP contribution in [-0.4, -0.2) is 19.0 Å². The number of carbonyl (C=O) groups excluding carboxylic acids is 1. The second kappa shape index (κ2) is 6.63. The molecule has 0 aromatic heterocycles. The highest BCUT2D eigenvalue weighted by Gasteiger charge is 2.25. The summed E-state index contributed by atoms with van der Waals surface area (Å²) in [6, 6.07) is 5.17. The highest BCUT2D eigenvalue weighted by molar-refractivity contribution is 5.79. The van der Waals surface area contributed by atoms with E-state index >= 15 is 0 Å². The number of hydrogen-bond acceptors (Lipinski definition) is 3. The average molecular weight is 310 g/mol. The number of Topliss-reactive ketones (excluding diaryl/α,β-unsaturated/α-hetero) is 1. The minimum atomic E-state index is -2.86. The average Bonchev–Trinajstić information content (AvgIpc) is 3.31. The minimum Gasteiger partial charge on any atom is -0.489 e. The van der Waals surface area contributed by atoms with Gasteiger partial charge in [-0.25, -0.2) is 0 Å². The molecule has 0 aliphatic heterocycles. The number of ketones is 1. The highest BCUT2D eigenvalue weighted by Crippen LogP contribution is 2.38. The van der Waals surface area contributed by atoms with Crippen LogP contribution in [0, 0.1) is 5.92 Å². The van der Waals surface area contributed by atoms with Crippen LogP contribution in [0.1, 0.15) is 50.0 Å². The summed E-state index contributed by atoms with van der Waals surface area (Å²) >= 11 is 0. The fraction of sp³-hybridized carbons (Fsp3) is 0.588. The Balaban J connectivity index is 1.75. The van der Waals surface area contributed by atoms with Crippen molar-refractivity contribution >= 4 is 5.78 Å². The van der Waals surface area contributed by atoms with Gasteiger partial charge in [0.2, 0.25) is 0 Å². The van der Waals surface area contributed by atoms with Gasteiger partial charge in [0.15, 0.2) is 11.5 Å². The fourth-order valence-corrected chi connectivity index (χ4v) is 2.85. The molecule has 1 aromatic carbocycles. The molecular weight excluding hydrogens is 290 g/mol. The number of hydrogen-bond donors (Lipinski definition) is 0. The van der Waals surface area contributed by atoms with E-state index in [1.807, 2.05) is 6.07 Å². The van der Waals surface area contributed by atoms with Gasteiger partial charge >= 0.3 is 6.61 Å². The molecule has 22 heavy (non-hydrogen) atoms. The SMILES string of the molecule is O=C1CCC(c2ccc(OC(F)F)c(OCC3CC3)c2)CC1. The Kier molecular flexibility index (Phi) is 4.60. The minimum absolute atomic E-state index is 0.0892. The maximum atomic E-state index is 12.5. The van der Waals surface area contributed by atoms with Crippen molar-refractivity contribution in [2.45, 2.75) is 51.1 Å². The van der Waals surface area contributed by atoms with Crippen molar-refractivity contribution < 1.29 is 23.0 Å². The summed E-state index contributed by atoms with van der Waals surface area (Å²) in [5.74, 6) is 1.61. The molecule has 3 nitrogen and oxygen atoms in total. The number of halogens is 2. The van der Waals surface area contributed by atoms with E-state index < -0.39 is 6.61 Å². The molecule has 120 valence electrons. The van der Waals surface area contributed by atoms with E-state index in [9.17, 15) is 13.6 Å². The van der Waals surface area contributed by atoms with Gasteiger partial charge < -0.3 is 9.47 Å². The van der Waals surface area contributed by atoms with Gasteiger partial charge in [0.1, 0.15) is 5.78 Å². The Morgan fingerprint density at radius 1 is 1.09 bits per heavy atom. The molecule has 2 aliphatic rings. The molecule has 0 spiro atoms. The zero-order valence-corrected chi connectivity index (χ0v) is 12.4. The number of alkyl halides is 2. The summed E-state index contributed by atoms with van der Waals surface area (Å²) in [6.45, 7) is -2.31. The van der Waals surface area contributed by atoms with E-state index in [1.54, 1.807) is 12.1 Å². The predicted octanol–water partition coefficient (Wildman–Crippen LogP) is 4.30. The van der Waals surface area contributed by atoms with Crippen molar-refractivity contribution in [1.82, 2.24) is 0 Å². The third-order valence-corrected chi connectivity index (χ3v) is 4.37. The predicted molar refractivity (Wildman–Crippen MR) is 77.5 cm³/mol. The first-order chi connectivity index (χ1) is 10.6. The molecular formula is C17H20F2O3. The molecule has 2 aliphatic carbocycles. The van der Waals surface area contributed by atoms with E-state index in [0.717, 1.165) is 31.2 Å². The first-order valence-corrected chi connectivity index (χ1v) is 7.85. The fourth-order valence-electron chi connectivity index (χ4n) is 2.85. The summed E-state index contributed by atoms with van der Waals surface area (Å²) in [5, 5.41) is 0. The Bertz CT molecular complexity index is 531. The summed E-state index contributed by atoms with van der Waals surface area (Å²) < 4.78 is 35.2. The molecule has 0 saturated heterocycles. The molecule has 0 heterocycles. The standard InChI is InChI=1S/C17H20F2O3/c18-17(19)22-15-8-5-13(12-3-6-14(20)7-4-12)9-16(15)21-10-11-1-2-11/h5,8-9,11-12,17H,1-4,6-7,10H2. The lowest BCUT2D eigenvalue weighted by molar-refractivity contribution is -0.120. The third-order valence-electron chi connectivity index (χ3n) is 4.37. The molecule has 0 unspecified atom stereocenters. The van der Waals surface area contributed by atoms with E-state index in [2.05, 4.69) is 4.74 Å². The van der Waals surface area contributed by atoms with Gasteiger partial charge in [-0.3, -0.25) is 4.79 Å². The van der Waals surface area contributed by atoms with Crippen molar-refractivity contribution in [3.8, 4) is 11.5 Å². The van der Waals surface area contributed by atoms with Gasteiger partial charge in [0, 0.05) is 12.8 Å². The largest absolute Gasteiger partial charge is 0.489 e. The summed E-state index contributed by atoms with van der Waals surface area (Å²) in [6.07, 6.45) is 5.09. The van der Waals surface area contributed by atoms with Crippen LogP contribution in [0.2, 0.25) is 0 Å². The van der Waals surface area contributed by atoms with E-state index in [0.29, 0.717) is 42.8 Å². The van der Waals surface area contributed by atoms with Crippen LogP contribution in [0.3, 0.4) is 0 Å². The number of benzene rings is 1. The van der Waals surface area contributed by atoms with E-state index in [-0.39, 0.29) is 5.75 Å². The van der Waals surface area contributed by atoms with Crippen molar-refractivity contribution in [1.29, 1.82) is 0 Å². The van der Waals surface area contributed by atoms with Crippen molar-refractivity contribution in [2.75, 3.05) is 6.61 Å². The smallest absolute Gasteiger partial charge is 0.387 e. The third kappa shape index (κ3) is 3.96. The van der Waals surface area contributed by atoms with Gasteiger partial charge in [-0.2, -0.15) is 8.78 Å². The monoisotopic (exact) mass is 310 g/mol. The Morgan fingerprint density at radius 3 is 2.45 bits per heavy atom. The molecule has 0 atom stereocenters. The maximum Gasteiger partial charge on any atom is 0.387 e. The Hall–Kier alpha value is -1.65. The molecule has 0 radical (unpaired) electrons. The van der Waals surface area contributed by atoms with E-state index in [4.69, 9.17) is 4.74 Å². The Labute approximate surface area is 128 Å². The molecule has 0 bridgehead atoms. The lowest BCUT2D eigenvalue weighted by atomic mass is 9.83. The lowest BCUT2D eigenvalue weighted by Gasteiger charge is -2.22. The van der Waals surface area contributed by atoms with Crippen LogP contribution in [0.5, 0.6) is 11.5 Å². The number of ether oxygens (including phenoxy) is 2. The van der Waals surface area contributed by atoms with Crippen molar-refractivity contribution in [2.24, 2.45) is 5.92 Å². The normalized spacial score (nSPS) is 19.5. The molecule has 0 N–H and O–H groups in total. The van der Waals surface area contributed by atoms with Crippen molar-refractivity contribution in [3.05, 3.63) is 23.8 Å². The first kappa shape index (κ1) is 15.3. The number of rotatable bonds is 6. The van der Waals surface area contributed by atoms with Crippen LogP contribution < -0.4 is 9.47 Å². The van der Waals surface area contributed by atoms with Crippen LogP contribution in [0.4, 0.5) is 8.78 Å². The molecule has 5 heteroatoms.